The molecule has 1 aliphatic rings. The number of nitrogens with zero attached hydrogens (tertiary/aromatic N) is 1. The van der Waals surface area contributed by atoms with Crippen LogP contribution in [-0.4, -0.2) is 43.1 Å². The maximum Gasteiger partial charge on any atom is 0.263 e. The Bertz CT molecular complexity index is 601. The van der Waals surface area contributed by atoms with Crippen LogP contribution in [0.5, 0.6) is 5.75 Å². The summed E-state index contributed by atoms with van der Waals surface area (Å²) in [5, 5.41) is 2.78. The molecule has 0 aliphatic carbocycles. The molecule has 24 heavy (non-hydrogen) atoms. The zero-order chi connectivity index (χ0) is 17.7. The Balaban J connectivity index is 2.26. The lowest BCUT2D eigenvalue weighted by molar-refractivity contribution is -0.139. The van der Waals surface area contributed by atoms with Crippen molar-refractivity contribution in [2.45, 2.75) is 39.8 Å². The highest BCUT2D eigenvalue weighted by atomic mass is 16.5. The molecule has 1 unspecified atom stereocenters. The van der Waals surface area contributed by atoms with Crippen molar-refractivity contribution in [3.05, 3.63) is 23.8 Å². The van der Waals surface area contributed by atoms with Gasteiger partial charge in [0.1, 0.15) is 12.4 Å². The van der Waals surface area contributed by atoms with Crippen molar-refractivity contribution in [2.24, 2.45) is 5.92 Å². The third kappa shape index (κ3) is 4.47. The number of carbonyl (C=O) groups is 2. The van der Waals surface area contributed by atoms with Crippen molar-refractivity contribution < 1.29 is 19.1 Å². The van der Waals surface area contributed by atoms with Crippen LogP contribution in [0.4, 0.5) is 5.69 Å². The molecule has 6 nitrogen and oxygen atoms in total. The van der Waals surface area contributed by atoms with E-state index in [1.807, 2.05) is 24.0 Å². The molecule has 1 atom stereocenters. The Kier molecular flexibility index (Phi) is 6.20. The van der Waals surface area contributed by atoms with E-state index < -0.39 is 6.10 Å². The molecule has 132 valence electrons. The molecule has 1 aromatic rings. The molecule has 0 saturated carbocycles. The Labute approximate surface area is 143 Å². The Hall–Kier alpha value is -2.08. The minimum absolute atomic E-state index is 0.00343. The number of fused-ring (bicyclic) bond motifs is 1. The number of anilines is 1. The number of carbonyl (C=O) groups excluding carboxylic acids is 2. The lowest BCUT2D eigenvalue weighted by atomic mass is 10.1. The molecule has 0 radical (unpaired) electrons. The van der Waals surface area contributed by atoms with Gasteiger partial charge < -0.3 is 19.7 Å². The van der Waals surface area contributed by atoms with Crippen LogP contribution in [0.2, 0.25) is 0 Å². The summed E-state index contributed by atoms with van der Waals surface area (Å²) in [4.78, 5) is 26.2. The highest BCUT2D eigenvalue weighted by molar-refractivity contribution is 5.92. The first-order valence-electron chi connectivity index (χ1n) is 8.31. The molecular formula is C18H26N2O4. The lowest BCUT2D eigenvalue weighted by Crippen LogP contribution is -2.41. The smallest absolute Gasteiger partial charge is 0.263 e. The summed E-state index contributed by atoms with van der Waals surface area (Å²) >= 11 is 0. The standard InChI is InChI=1S/C18H26N2O4/c1-5-15-18(22)20(9-12(2)3)10-13-8-14(6-7-16(13)24-15)19-17(21)11-23-4/h6-8,12,15H,5,9-11H2,1-4H3,(H,19,21). The fourth-order valence-corrected chi connectivity index (χ4v) is 2.77. The number of methoxy groups -OCH3 is 1. The molecule has 2 amide bonds. The van der Waals surface area contributed by atoms with E-state index >= 15 is 0 Å². The van der Waals surface area contributed by atoms with Gasteiger partial charge in [0.15, 0.2) is 6.10 Å². The molecule has 0 saturated heterocycles. The van der Waals surface area contributed by atoms with Crippen molar-refractivity contribution in [1.29, 1.82) is 0 Å². The second-order valence-corrected chi connectivity index (χ2v) is 6.43. The third-order valence-corrected chi connectivity index (χ3v) is 3.79. The van der Waals surface area contributed by atoms with Gasteiger partial charge in [0.25, 0.3) is 5.91 Å². The van der Waals surface area contributed by atoms with Gasteiger partial charge in [0, 0.05) is 31.5 Å². The molecule has 2 rings (SSSR count). The normalized spacial score (nSPS) is 17.3. The SMILES string of the molecule is CCC1Oc2ccc(NC(=O)COC)cc2CN(CC(C)C)C1=O. The number of hydrogen-bond acceptors (Lipinski definition) is 4. The van der Waals surface area contributed by atoms with Gasteiger partial charge in [-0.15, -0.1) is 0 Å². The number of ether oxygens (including phenoxy) is 2. The Morgan fingerprint density at radius 2 is 2.21 bits per heavy atom. The number of rotatable bonds is 6. The van der Waals surface area contributed by atoms with Gasteiger partial charge in [-0.3, -0.25) is 9.59 Å². The van der Waals surface area contributed by atoms with Crippen molar-refractivity contribution in [3.63, 3.8) is 0 Å². The minimum atomic E-state index is -0.459. The van der Waals surface area contributed by atoms with Gasteiger partial charge in [0.2, 0.25) is 5.91 Å². The Morgan fingerprint density at radius 1 is 1.46 bits per heavy atom. The summed E-state index contributed by atoms with van der Waals surface area (Å²) in [7, 11) is 1.48. The minimum Gasteiger partial charge on any atom is -0.480 e. The zero-order valence-corrected chi connectivity index (χ0v) is 14.8. The molecular weight excluding hydrogens is 308 g/mol. The van der Waals surface area contributed by atoms with E-state index in [0.29, 0.717) is 36.9 Å². The van der Waals surface area contributed by atoms with Gasteiger partial charge in [-0.2, -0.15) is 0 Å². The summed E-state index contributed by atoms with van der Waals surface area (Å²) in [6, 6.07) is 5.45. The van der Waals surface area contributed by atoms with E-state index in [1.165, 1.54) is 7.11 Å². The van der Waals surface area contributed by atoms with Crippen LogP contribution in [0.1, 0.15) is 32.8 Å². The van der Waals surface area contributed by atoms with Crippen molar-refractivity contribution in [3.8, 4) is 5.75 Å². The van der Waals surface area contributed by atoms with E-state index in [2.05, 4.69) is 19.2 Å². The van der Waals surface area contributed by atoms with Crippen LogP contribution in [0.15, 0.2) is 18.2 Å². The third-order valence-electron chi connectivity index (χ3n) is 3.79. The summed E-state index contributed by atoms with van der Waals surface area (Å²) in [6.07, 6.45) is 0.165. The van der Waals surface area contributed by atoms with Crippen molar-refractivity contribution in [2.75, 3.05) is 25.6 Å². The molecule has 1 heterocycles. The van der Waals surface area contributed by atoms with Crippen LogP contribution >= 0.6 is 0 Å². The lowest BCUT2D eigenvalue weighted by Gasteiger charge is -2.24. The van der Waals surface area contributed by atoms with Crippen molar-refractivity contribution >= 4 is 17.5 Å². The maximum absolute atomic E-state index is 12.6. The van der Waals surface area contributed by atoms with Crippen LogP contribution < -0.4 is 10.1 Å². The first-order chi connectivity index (χ1) is 11.4. The predicted octanol–water partition coefficient (Wildman–Crippen LogP) is 2.43. The second kappa shape index (κ2) is 8.15. The molecule has 1 N–H and O–H groups in total. The highest BCUT2D eigenvalue weighted by Gasteiger charge is 2.30. The number of benzene rings is 1. The van der Waals surface area contributed by atoms with E-state index in [9.17, 15) is 9.59 Å². The van der Waals surface area contributed by atoms with E-state index in [-0.39, 0.29) is 18.4 Å². The Morgan fingerprint density at radius 3 is 2.83 bits per heavy atom. The summed E-state index contributed by atoms with van der Waals surface area (Å²) < 4.78 is 10.7. The molecule has 1 aromatic carbocycles. The monoisotopic (exact) mass is 334 g/mol. The summed E-state index contributed by atoms with van der Waals surface area (Å²) in [5.74, 6) is 0.879. The molecule has 0 bridgehead atoms. The van der Waals surface area contributed by atoms with Gasteiger partial charge in [-0.05, 0) is 30.5 Å². The van der Waals surface area contributed by atoms with E-state index in [1.54, 1.807) is 6.07 Å². The summed E-state index contributed by atoms with van der Waals surface area (Å²) in [6.45, 7) is 7.28. The van der Waals surface area contributed by atoms with Crippen LogP contribution in [0.3, 0.4) is 0 Å². The summed E-state index contributed by atoms with van der Waals surface area (Å²) in [5.41, 5.74) is 1.57. The fraction of sp³-hybridized carbons (Fsp3) is 0.556. The van der Waals surface area contributed by atoms with Crippen LogP contribution in [0, 0.1) is 5.92 Å². The molecule has 6 heteroatoms. The predicted molar refractivity (Wildman–Crippen MR) is 91.9 cm³/mol. The number of amides is 2. The molecule has 1 aliphatic heterocycles. The van der Waals surface area contributed by atoms with E-state index in [4.69, 9.17) is 9.47 Å². The molecule has 0 aromatic heterocycles. The van der Waals surface area contributed by atoms with Crippen LogP contribution in [-0.2, 0) is 20.9 Å². The zero-order valence-electron chi connectivity index (χ0n) is 14.8. The second-order valence-electron chi connectivity index (χ2n) is 6.43. The fourth-order valence-electron chi connectivity index (χ4n) is 2.77. The average Bonchev–Trinajstić information content (AvgIpc) is 2.64. The van der Waals surface area contributed by atoms with Gasteiger partial charge in [0.05, 0.1) is 0 Å². The topological polar surface area (TPSA) is 67.9 Å². The van der Waals surface area contributed by atoms with E-state index in [0.717, 1.165) is 5.56 Å². The highest BCUT2D eigenvalue weighted by Crippen LogP contribution is 2.29. The quantitative estimate of drug-likeness (QED) is 0.867. The maximum atomic E-state index is 12.6. The number of nitrogens with one attached hydrogen (secondary N) is 1. The average molecular weight is 334 g/mol. The first kappa shape index (κ1) is 18.3. The van der Waals surface area contributed by atoms with Gasteiger partial charge >= 0.3 is 0 Å². The van der Waals surface area contributed by atoms with Gasteiger partial charge in [-0.1, -0.05) is 20.8 Å². The van der Waals surface area contributed by atoms with Crippen molar-refractivity contribution in [1.82, 2.24) is 4.90 Å². The molecule has 0 fully saturated rings. The first-order valence-corrected chi connectivity index (χ1v) is 8.31. The van der Waals surface area contributed by atoms with Crippen LogP contribution in [0.25, 0.3) is 0 Å². The van der Waals surface area contributed by atoms with Gasteiger partial charge in [-0.25, -0.2) is 0 Å². The number of hydrogen-bond donors (Lipinski definition) is 1. The molecule has 0 spiro atoms. The largest absolute Gasteiger partial charge is 0.480 e.